The Balaban J connectivity index is 0.000000861. The third-order valence-corrected chi connectivity index (χ3v) is 2.77. The molecule has 0 aliphatic rings. The monoisotopic (exact) mass is 267 g/mol. The number of aromatic nitrogens is 3. The number of benzene rings is 1. The third-order valence-electron chi connectivity index (χ3n) is 2.77. The van der Waals surface area contributed by atoms with E-state index in [4.69, 9.17) is 0 Å². The molecule has 0 saturated heterocycles. The van der Waals surface area contributed by atoms with Crippen molar-refractivity contribution in [1.82, 2.24) is 14.8 Å². The van der Waals surface area contributed by atoms with E-state index < -0.39 is 11.6 Å². The maximum absolute atomic E-state index is 13.6. The highest BCUT2D eigenvalue weighted by Crippen LogP contribution is 2.24. The van der Waals surface area contributed by atoms with Crippen LogP contribution in [0.15, 0.2) is 30.9 Å². The number of hydrogen-bond donors (Lipinski definition) is 0. The van der Waals surface area contributed by atoms with Gasteiger partial charge in [-0.05, 0) is 18.1 Å². The molecular formula is C14H19F2N3. The summed E-state index contributed by atoms with van der Waals surface area (Å²) in [5, 5.41) is 3.99. The van der Waals surface area contributed by atoms with Crippen LogP contribution in [0.5, 0.6) is 0 Å². The Labute approximate surface area is 112 Å². The lowest BCUT2D eigenvalue weighted by Crippen LogP contribution is -2.10. The maximum atomic E-state index is 13.6. The van der Waals surface area contributed by atoms with E-state index in [0.717, 1.165) is 12.5 Å². The largest absolute Gasteiger partial charge is 0.252 e. The minimum atomic E-state index is -0.554. The van der Waals surface area contributed by atoms with Crippen LogP contribution in [-0.4, -0.2) is 14.8 Å². The predicted octanol–water partition coefficient (Wildman–Crippen LogP) is 3.78. The molecule has 0 bridgehead atoms. The number of rotatable bonds is 4. The summed E-state index contributed by atoms with van der Waals surface area (Å²) < 4.78 is 28.1. The molecule has 1 heterocycles. The summed E-state index contributed by atoms with van der Waals surface area (Å²) >= 11 is 0. The van der Waals surface area contributed by atoms with Crippen molar-refractivity contribution in [3.05, 3.63) is 48.1 Å². The molecule has 0 aliphatic carbocycles. The SMILES string of the molecule is CC.CC[C@H](Cn1cncn1)c1ccc(F)cc1F. The lowest BCUT2D eigenvalue weighted by molar-refractivity contribution is 0.476. The minimum absolute atomic E-state index is 0.0303. The van der Waals surface area contributed by atoms with E-state index in [-0.39, 0.29) is 5.92 Å². The molecule has 0 spiro atoms. The Morgan fingerprint density at radius 2 is 2.00 bits per heavy atom. The van der Waals surface area contributed by atoms with Crippen LogP contribution in [-0.2, 0) is 6.54 Å². The van der Waals surface area contributed by atoms with Crippen LogP contribution in [0.2, 0.25) is 0 Å². The van der Waals surface area contributed by atoms with Gasteiger partial charge in [0, 0.05) is 18.5 Å². The van der Waals surface area contributed by atoms with Gasteiger partial charge in [0.25, 0.3) is 0 Å². The first-order valence-corrected chi connectivity index (χ1v) is 6.48. The van der Waals surface area contributed by atoms with Gasteiger partial charge in [0.15, 0.2) is 0 Å². The fraction of sp³-hybridized carbons (Fsp3) is 0.429. The lowest BCUT2D eigenvalue weighted by Gasteiger charge is -2.15. The van der Waals surface area contributed by atoms with E-state index in [0.29, 0.717) is 12.1 Å². The first kappa shape index (κ1) is 15.3. The molecule has 2 rings (SSSR count). The van der Waals surface area contributed by atoms with Gasteiger partial charge in [0.2, 0.25) is 0 Å². The third kappa shape index (κ3) is 4.12. The molecule has 0 fully saturated rings. The molecule has 0 amide bonds. The van der Waals surface area contributed by atoms with E-state index in [1.807, 2.05) is 20.8 Å². The van der Waals surface area contributed by atoms with E-state index in [9.17, 15) is 8.78 Å². The first-order valence-electron chi connectivity index (χ1n) is 6.48. The van der Waals surface area contributed by atoms with Crippen LogP contribution < -0.4 is 0 Å². The molecule has 3 nitrogen and oxygen atoms in total. The fourth-order valence-corrected chi connectivity index (χ4v) is 1.83. The van der Waals surface area contributed by atoms with Gasteiger partial charge in [-0.3, -0.25) is 4.68 Å². The van der Waals surface area contributed by atoms with Crippen molar-refractivity contribution >= 4 is 0 Å². The summed E-state index contributed by atoms with van der Waals surface area (Å²) in [6, 6.07) is 3.69. The Hall–Kier alpha value is -1.78. The molecule has 0 unspecified atom stereocenters. The van der Waals surface area contributed by atoms with Gasteiger partial charge >= 0.3 is 0 Å². The van der Waals surface area contributed by atoms with Gasteiger partial charge in [-0.15, -0.1) is 0 Å². The Bertz CT molecular complexity index is 483. The van der Waals surface area contributed by atoms with Crippen molar-refractivity contribution in [2.24, 2.45) is 0 Å². The first-order chi connectivity index (χ1) is 9.20. The van der Waals surface area contributed by atoms with Gasteiger partial charge in [0.05, 0.1) is 0 Å². The van der Waals surface area contributed by atoms with Crippen LogP contribution in [0, 0.1) is 11.6 Å². The summed E-state index contributed by atoms with van der Waals surface area (Å²) in [6.45, 7) is 6.50. The van der Waals surface area contributed by atoms with Crippen LogP contribution in [0.1, 0.15) is 38.7 Å². The second-order valence-electron chi connectivity index (χ2n) is 3.89. The van der Waals surface area contributed by atoms with Crippen molar-refractivity contribution in [3.8, 4) is 0 Å². The van der Waals surface area contributed by atoms with Gasteiger partial charge in [-0.1, -0.05) is 26.8 Å². The highest BCUT2D eigenvalue weighted by Gasteiger charge is 2.15. The standard InChI is InChI=1S/C12H13F2N3.C2H6/c1-2-9(6-17-8-15-7-16-17)11-4-3-10(13)5-12(11)14;1-2/h3-5,7-9H,2,6H2,1H3;1-2H3/t9-;/m1./s1. The van der Waals surface area contributed by atoms with Gasteiger partial charge in [-0.2, -0.15) is 5.10 Å². The summed E-state index contributed by atoms with van der Waals surface area (Å²) in [7, 11) is 0. The van der Waals surface area contributed by atoms with E-state index in [1.165, 1.54) is 18.5 Å². The Morgan fingerprint density at radius 3 is 2.53 bits per heavy atom. The summed E-state index contributed by atoms with van der Waals surface area (Å²) in [6.07, 6.45) is 3.78. The van der Waals surface area contributed by atoms with E-state index in [2.05, 4.69) is 10.1 Å². The lowest BCUT2D eigenvalue weighted by atomic mass is 9.96. The van der Waals surface area contributed by atoms with Crippen LogP contribution >= 0.6 is 0 Å². The van der Waals surface area contributed by atoms with Crippen LogP contribution in [0.3, 0.4) is 0 Å². The smallest absolute Gasteiger partial charge is 0.137 e. The quantitative estimate of drug-likeness (QED) is 0.844. The summed E-state index contributed by atoms with van der Waals surface area (Å²) in [5.74, 6) is -1.09. The zero-order chi connectivity index (χ0) is 14.3. The second kappa shape index (κ2) is 7.61. The molecule has 0 N–H and O–H groups in total. The molecule has 1 aromatic carbocycles. The molecule has 2 aromatic rings. The number of halogens is 2. The van der Waals surface area contributed by atoms with Crippen molar-refractivity contribution in [3.63, 3.8) is 0 Å². The van der Waals surface area contributed by atoms with Crippen molar-refractivity contribution in [2.45, 2.75) is 39.7 Å². The molecule has 1 aromatic heterocycles. The Morgan fingerprint density at radius 1 is 1.26 bits per heavy atom. The van der Waals surface area contributed by atoms with Crippen LogP contribution in [0.4, 0.5) is 8.78 Å². The number of hydrogen-bond acceptors (Lipinski definition) is 2. The van der Waals surface area contributed by atoms with E-state index >= 15 is 0 Å². The zero-order valence-corrected chi connectivity index (χ0v) is 11.5. The molecule has 5 heteroatoms. The predicted molar refractivity (Wildman–Crippen MR) is 70.8 cm³/mol. The molecule has 0 saturated carbocycles. The van der Waals surface area contributed by atoms with Crippen LogP contribution in [0.25, 0.3) is 0 Å². The number of nitrogens with zero attached hydrogens (tertiary/aromatic N) is 3. The van der Waals surface area contributed by atoms with E-state index in [1.54, 1.807) is 11.0 Å². The molecule has 19 heavy (non-hydrogen) atoms. The van der Waals surface area contributed by atoms with Crippen molar-refractivity contribution in [1.29, 1.82) is 0 Å². The van der Waals surface area contributed by atoms with Gasteiger partial charge < -0.3 is 0 Å². The van der Waals surface area contributed by atoms with Crippen molar-refractivity contribution < 1.29 is 8.78 Å². The highest BCUT2D eigenvalue weighted by atomic mass is 19.1. The second-order valence-corrected chi connectivity index (χ2v) is 3.89. The minimum Gasteiger partial charge on any atom is -0.252 e. The topological polar surface area (TPSA) is 30.7 Å². The maximum Gasteiger partial charge on any atom is 0.137 e. The molecule has 0 aliphatic heterocycles. The van der Waals surface area contributed by atoms with Gasteiger partial charge in [0.1, 0.15) is 24.3 Å². The average Bonchev–Trinajstić information content (AvgIpc) is 2.92. The summed E-state index contributed by atoms with van der Waals surface area (Å²) in [4.78, 5) is 3.84. The fourth-order valence-electron chi connectivity index (χ4n) is 1.83. The molecule has 1 atom stereocenters. The highest BCUT2D eigenvalue weighted by molar-refractivity contribution is 5.22. The molecule has 0 radical (unpaired) electrons. The normalized spacial score (nSPS) is 11.6. The molecular weight excluding hydrogens is 248 g/mol. The average molecular weight is 267 g/mol. The molecule has 104 valence electrons. The van der Waals surface area contributed by atoms with Gasteiger partial charge in [-0.25, -0.2) is 13.8 Å². The zero-order valence-electron chi connectivity index (χ0n) is 11.5. The van der Waals surface area contributed by atoms with Crippen molar-refractivity contribution in [2.75, 3.05) is 0 Å². The summed E-state index contributed by atoms with van der Waals surface area (Å²) in [5.41, 5.74) is 0.518. The Kier molecular flexibility index (Phi) is 6.12.